The highest BCUT2D eigenvalue weighted by molar-refractivity contribution is 9.10. The molecule has 2 aromatic heterocycles. The van der Waals surface area contributed by atoms with Crippen molar-refractivity contribution < 1.29 is 0 Å². The molecule has 2 rings (SSSR count). The molecule has 0 saturated carbocycles. The van der Waals surface area contributed by atoms with Gasteiger partial charge in [0, 0.05) is 0 Å². The van der Waals surface area contributed by atoms with Crippen molar-refractivity contribution in [3.63, 3.8) is 0 Å². The van der Waals surface area contributed by atoms with Crippen LogP contribution >= 0.6 is 15.9 Å². The number of nitrogen functional groups attached to an aromatic ring is 1. The second kappa shape index (κ2) is 4.18. The largest absolute Gasteiger partial charge is 0.307 e. The molecule has 0 aliphatic heterocycles. The molecule has 0 saturated heterocycles. The molecular weight excluding hydrogens is 272 g/mol. The summed E-state index contributed by atoms with van der Waals surface area (Å²) in [6, 6.07) is 3.54. The Bertz CT molecular complexity index is 503. The summed E-state index contributed by atoms with van der Waals surface area (Å²) in [5, 5.41) is 12.3. The molecule has 2 heterocycles. The lowest BCUT2D eigenvalue weighted by molar-refractivity contribution is 0.782. The molecule has 16 heavy (non-hydrogen) atoms. The Hall–Kier alpha value is -1.47. The number of aryl methyl sites for hydroxylation is 1. The highest BCUT2D eigenvalue weighted by atomic mass is 79.9. The molecule has 0 unspecified atom stereocenters. The highest BCUT2D eigenvalue weighted by Crippen LogP contribution is 2.21. The molecule has 0 atom stereocenters. The first-order valence-electron chi connectivity index (χ1n) is 4.66. The Labute approximate surface area is 101 Å². The molecule has 7 heteroatoms. The van der Waals surface area contributed by atoms with Gasteiger partial charge in [-0.1, -0.05) is 0 Å². The quantitative estimate of drug-likeness (QED) is 0.642. The molecule has 6 nitrogen and oxygen atoms in total. The molecule has 0 aliphatic rings. The second-order valence-corrected chi connectivity index (χ2v) is 4.11. The minimum atomic E-state index is 0.518. The number of nitrogens with two attached hydrogens (primary N) is 1. The minimum Gasteiger partial charge on any atom is -0.307 e. The van der Waals surface area contributed by atoms with Crippen LogP contribution in [0, 0.1) is 13.8 Å². The van der Waals surface area contributed by atoms with E-state index in [1.54, 1.807) is 16.8 Å². The summed E-state index contributed by atoms with van der Waals surface area (Å²) in [6.45, 7) is 3.89. The van der Waals surface area contributed by atoms with E-state index in [0.29, 0.717) is 11.6 Å². The van der Waals surface area contributed by atoms with Crippen molar-refractivity contribution in [2.45, 2.75) is 13.8 Å². The minimum absolute atomic E-state index is 0.518. The number of anilines is 1. The van der Waals surface area contributed by atoms with E-state index in [0.717, 1.165) is 15.9 Å². The second-order valence-electron chi connectivity index (χ2n) is 3.32. The van der Waals surface area contributed by atoms with E-state index < -0.39 is 0 Å². The van der Waals surface area contributed by atoms with Crippen LogP contribution in [0.5, 0.6) is 0 Å². The van der Waals surface area contributed by atoms with E-state index in [1.165, 1.54) is 0 Å². The van der Waals surface area contributed by atoms with E-state index in [1.807, 2.05) is 13.8 Å². The van der Waals surface area contributed by atoms with Crippen molar-refractivity contribution in [3.8, 4) is 5.82 Å². The third-order valence-corrected chi connectivity index (χ3v) is 3.37. The van der Waals surface area contributed by atoms with Crippen LogP contribution in [0.2, 0.25) is 0 Å². The van der Waals surface area contributed by atoms with Crippen LogP contribution in [0.1, 0.15) is 11.4 Å². The van der Waals surface area contributed by atoms with Crippen LogP contribution in [-0.4, -0.2) is 20.0 Å². The lowest BCUT2D eigenvalue weighted by atomic mass is 10.4. The summed E-state index contributed by atoms with van der Waals surface area (Å²) in [4.78, 5) is 0. The van der Waals surface area contributed by atoms with Gasteiger partial charge in [0.15, 0.2) is 11.6 Å². The van der Waals surface area contributed by atoms with Crippen LogP contribution < -0.4 is 11.3 Å². The van der Waals surface area contributed by atoms with Gasteiger partial charge in [-0.3, -0.25) is 0 Å². The van der Waals surface area contributed by atoms with E-state index in [2.05, 4.69) is 36.7 Å². The fourth-order valence-electron chi connectivity index (χ4n) is 1.36. The van der Waals surface area contributed by atoms with Crippen LogP contribution in [0.25, 0.3) is 5.82 Å². The van der Waals surface area contributed by atoms with Gasteiger partial charge >= 0.3 is 0 Å². The van der Waals surface area contributed by atoms with Crippen molar-refractivity contribution in [2.75, 3.05) is 5.43 Å². The van der Waals surface area contributed by atoms with E-state index in [-0.39, 0.29) is 0 Å². The lowest BCUT2D eigenvalue weighted by Crippen LogP contribution is -2.10. The van der Waals surface area contributed by atoms with Gasteiger partial charge < -0.3 is 5.43 Å². The predicted molar refractivity (Wildman–Crippen MR) is 64.1 cm³/mol. The normalized spacial score (nSPS) is 10.5. The molecule has 0 fully saturated rings. The molecule has 3 N–H and O–H groups in total. The Morgan fingerprint density at radius 1 is 1.31 bits per heavy atom. The van der Waals surface area contributed by atoms with Crippen molar-refractivity contribution in [2.24, 2.45) is 5.84 Å². The summed E-state index contributed by atoms with van der Waals surface area (Å²) in [6.07, 6.45) is 0. The Balaban J connectivity index is 2.46. The zero-order valence-corrected chi connectivity index (χ0v) is 10.5. The fraction of sp³-hybridized carbons (Fsp3) is 0.222. The van der Waals surface area contributed by atoms with Gasteiger partial charge in [-0.15, -0.1) is 10.2 Å². The number of nitrogens with zero attached hydrogens (tertiary/aromatic N) is 4. The molecule has 0 spiro atoms. The first-order valence-corrected chi connectivity index (χ1v) is 5.45. The summed E-state index contributed by atoms with van der Waals surface area (Å²) >= 11 is 3.46. The Morgan fingerprint density at radius 2 is 2.06 bits per heavy atom. The summed E-state index contributed by atoms with van der Waals surface area (Å²) in [5.74, 6) is 6.39. The number of hydrogen-bond donors (Lipinski definition) is 2. The van der Waals surface area contributed by atoms with Gasteiger partial charge in [-0.25, -0.2) is 10.5 Å². The third kappa shape index (κ3) is 1.79. The summed E-state index contributed by atoms with van der Waals surface area (Å²) in [5.41, 5.74) is 4.33. The SMILES string of the molecule is Cc1nn(-c2ccc(NN)nn2)c(C)c1Br. The molecule has 84 valence electrons. The molecule has 0 aromatic carbocycles. The predicted octanol–water partition coefficient (Wildman–Crippen LogP) is 1.33. The third-order valence-electron chi connectivity index (χ3n) is 2.22. The van der Waals surface area contributed by atoms with Crippen molar-refractivity contribution in [1.29, 1.82) is 0 Å². The average molecular weight is 283 g/mol. The van der Waals surface area contributed by atoms with Crippen LogP contribution in [0.3, 0.4) is 0 Å². The number of hydrazine groups is 1. The van der Waals surface area contributed by atoms with Gasteiger partial charge in [0.25, 0.3) is 0 Å². The molecule has 0 bridgehead atoms. The smallest absolute Gasteiger partial charge is 0.176 e. The Kier molecular flexibility index (Phi) is 2.88. The van der Waals surface area contributed by atoms with Crippen LogP contribution in [0.15, 0.2) is 16.6 Å². The van der Waals surface area contributed by atoms with Crippen LogP contribution in [-0.2, 0) is 0 Å². The maximum absolute atomic E-state index is 5.21. The standard InChI is InChI=1S/C9H11BrN6/c1-5-9(10)6(2)16(15-5)8-4-3-7(12-11)13-14-8/h3-4H,11H2,1-2H3,(H,12,13). The van der Waals surface area contributed by atoms with Gasteiger partial charge in [0.05, 0.1) is 15.9 Å². The van der Waals surface area contributed by atoms with E-state index in [4.69, 9.17) is 5.84 Å². The van der Waals surface area contributed by atoms with E-state index in [9.17, 15) is 0 Å². The number of nitrogens with one attached hydrogen (secondary N) is 1. The Morgan fingerprint density at radius 3 is 2.50 bits per heavy atom. The maximum Gasteiger partial charge on any atom is 0.176 e. The molecular formula is C9H11BrN6. The average Bonchev–Trinajstić information content (AvgIpc) is 2.57. The van der Waals surface area contributed by atoms with Gasteiger partial charge in [-0.2, -0.15) is 5.10 Å². The van der Waals surface area contributed by atoms with E-state index >= 15 is 0 Å². The summed E-state index contributed by atoms with van der Waals surface area (Å²) in [7, 11) is 0. The lowest BCUT2D eigenvalue weighted by Gasteiger charge is -2.03. The zero-order valence-electron chi connectivity index (χ0n) is 8.90. The van der Waals surface area contributed by atoms with Gasteiger partial charge in [0.1, 0.15) is 0 Å². The highest BCUT2D eigenvalue weighted by Gasteiger charge is 2.11. The molecule has 0 amide bonds. The van der Waals surface area contributed by atoms with Gasteiger partial charge in [0.2, 0.25) is 0 Å². The maximum atomic E-state index is 5.21. The van der Waals surface area contributed by atoms with Crippen LogP contribution in [0.4, 0.5) is 5.82 Å². The van der Waals surface area contributed by atoms with Crippen molar-refractivity contribution in [1.82, 2.24) is 20.0 Å². The zero-order chi connectivity index (χ0) is 11.7. The van der Waals surface area contributed by atoms with Crippen molar-refractivity contribution in [3.05, 3.63) is 28.0 Å². The number of rotatable bonds is 2. The molecule has 0 aliphatic carbocycles. The number of halogens is 1. The molecule has 2 aromatic rings. The van der Waals surface area contributed by atoms with Crippen molar-refractivity contribution >= 4 is 21.7 Å². The summed E-state index contributed by atoms with van der Waals surface area (Å²) < 4.78 is 2.71. The number of aromatic nitrogens is 4. The first-order chi connectivity index (χ1) is 7.63. The molecule has 0 radical (unpaired) electrons. The first kappa shape index (κ1) is 11.0. The topological polar surface area (TPSA) is 81.7 Å². The fourth-order valence-corrected chi connectivity index (χ4v) is 1.61. The number of hydrogen-bond acceptors (Lipinski definition) is 5. The van der Waals surface area contributed by atoms with Gasteiger partial charge in [-0.05, 0) is 41.9 Å². The monoisotopic (exact) mass is 282 g/mol.